The molecule has 0 saturated heterocycles. The van der Waals surface area contributed by atoms with Crippen LogP contribution < -0.4 is 5.32 Å². The van der Waals surface area contributed by atoms with Crippen molar-refractivity contribution in [3.05, 3.63) is 58.7 Å². The summed E-state index contributed by atoms with van der Waals surface area (Å²) in [6, 6.07) is 11.2. The Morgan fingerprint density at radius 2 is 1.62 bits per heavy atom. The van der Waals surface area contributed by atoms with Crippen molar-refractivity contribution in [3.8, 4) is 5.75 Å². The van der Waals surface area contributed by atoms with Crippen LogP contribution >= 0.6 is 0 Å². The number of benzene rings is 2. The quantitative estimate of drug-likeness (QED) is 0.888. The third kappa shape index (κ3) is 3.07. The van der Waals surface area contributed by atoms with E-state index < -0.39 is 0 Å². The first-order valence-corrected chi connectivity index (χ1v) is 7.29. The molecule has 0 spiro atoms. The molecular formula is C18H21NO2. The fourth-order valence-corrected chi connectivity index (χ4v) is 2.43. The topological polar surface area (TPSA) is 49.3 Å². The largest absolute Gasteiger partial charge is 0.507 e. The van der Waals surface area contributed by atoms with Crippen LogP contribution in [0.3, 0.4) is 0 Å². The smallest absolute Gasteiger partial charge is 0.259 e. The number of amides is 1. The molecule has 3 heteroatoms. The van der Waals surface area contributed by atoms with Gasteiger partial charge in [-0.25, -0.2) is 0 Å². The number of nitrogens with one attached hydrogen (secondary N) is 1. The lowest BCUT2D eigenvalue weighted by Gasteiger charge is -2.15. The second-order valence-electron chi connectivity index (χ2n) is 5.08. The predicted molar refractivity (Wildman–Crippen MR) is 86.0 cm³/mol. The van der Waals surface area contributed by atoms with Gasteiger partial charge >= 0.3 is 0 Å². The average Bonchev–Trinajstić information content (AvgIpc) is 2.50. The van der Waals surface area contributed by atoms with Crippen LogP contribution in [0.4, 0.5) is 5.69 Å². The molecule has 0 heterocycles. The predicted octanol–water partition coefficient (Wildman–Crippen LogP) is 4.08. The Kier molecular flexibility index (Phi) is 4.63. The molecule has 2 aromatic rings. The number of hydrogen-bond donors (Lipinski definition) is 2. The molecular weight excluding hydrogens is 262 g/mol. The molecule has 0 bridgehead atoms. The third-order valence-corrected chi connectivity index (χ3v) is 3.72. The monoisotopic (exact) mass is 283 g/mol. The lowest BCUT2D eigenvalue weighted by Crippen LogP contribution is -2.15. The minimum absolute atomic E-state index is 0.0435. The number of anilines is 1. The molecule has 0 aromatic heterocycles. The van der Waals surface area contributed by atoms with Gasteiger partial charge in [0.15, 0.2) is 0 Å². The summed E-state index contributed by atoms with van der Waals surface area (Å²) in [6.45, 7) is 5.91. The van der Waals surface area contributed by atoms with Gasteiger partial charge in [0.2, 0.25) is 0 Å². The molecule has 0 aliphatic heterocycles. The van der Waals surface area contributed by atoms with Gasteiger partial charge in [-0.3, -0.25) is 4.79 Å². The number of carbonyl (C=O) groups excluding carboxylic acids is 1. The summed E-state index contributed by atoms with van der Waals surface area (Å²) in [7, 11) is 0. The minimum Gasteiger partial charge on any atom is -0.507 e. The van der Waals surface area contributed by atoms with Crippen LogP contribution in [0.15, 0.2) is 36.4 Å². The zero-order valence-corrected chi connectivity index (χ0v) is 12.7. The van der Waals surface area contributed by atoms with Crippen LogP contribution in [0, 0.1) is 6.92 Å². The maximum Gasteiger partial charge on any atom is 0.259 e. The van der Waals surface area contributed by atoms with E-state index in [0.29, 0.717) is 11.1 Å². The highest BCUT2D eigenvalue weighted by atomic mass is 16.3. The van der Waals surface area contributed by atoms with E-state index in [1.54, 1.807) is 25.1 Å². The SMILES string of the molecule is CCc1cccc(CC)c1NC(=O)c1cccc(C)c1O. The highest BCUT2D eigenvalue weighted by Gasteiger charge is 2.15. The maximum atomic E-state index is 12.5. The van der Waals surface area contributed by atoms with Gasteiger partial charge in [0.25, 0.3) is 5.91 Å². The van der Waals surface area contributed by atoms with E-state index in [1.807, 2.05) is 18.2 Å². The molecule has 2 N–H and O–H groups in total. The Hall–Kier alpha value is -2.29. The van der Waals surface area contributed by atoms with E-state index in [2.05, 4.69) is 19.2 Å². The summed E-state index contributed by atoms with van der Waals surface area (Å²) in [6.07, 6.45) is 1.70. The molecule has 0 saturated carbocycles. The second-order valence-corrected chi connectivity index (χ2v) is 5.08. The zero-order chi connectivity index (χ0) is 15.4. The maximum absolute atomic E-state index is 12.5. The lowest BCUT2D eigenvalue weighted by molar-refractivity contribution is 0.102. The van der Waals surface area contributed by atoms with Crippen LogP contribution in [0.5, 0.6) is 5.75 Å². The highest BCUT2D eigenvalue weighted by molar-refractivity contribution is 6.07. The first kappa shape index (κ1) is 15.1. The van der Waals surface area contributed by atoms with E-state index in [0.717, 1.165) is 29.7 Å². The van der Waals surface area contributed by atoms with Crippen molar-refractivity contribution < 1.29 is 9.90 Å². The van der Waals surface area contributed by atoms with Gasteiger partial charge in [0.05, 0.1) is 5.56 Å². The van der Waals surface area contributed by atoms with Crippen molar-refractivity contribution in [3.63, 3.8) is 0 Å². The number of rotatable bonds is 4. The van der Waals surface area contributed by atoms with Gasteiger partial charge in [-0.15, -0.1) is 0 Å². The third-order valence-electron chi connectivity index (χ3n) is 3.72. The Bertz CT molecular complexity index is 640. The van der Waals surface area contributed by atoms with Crippen molar-refractivity contribution in [2.75, 3.05) is 5.32 Å². The van der Waals surface area contributed by atoms with Gasteiger partial charge in [-0.05, 0) is 42.5 Å². The molecule has 0 fully saturated rings. The molecule has 3 nitrogen and oxygen atoms in total. The van der Waals surface area contributed by atoms with E-state index in [4.69, 9.17) is 0 Å². The van der Waals surface area contributed by atoms with E-state index in [9.17, 15) is 9.90 Å². The molecule has 0 radical (unpaired) electrons. The molecule has 2 aromatic carbocycles. The van der Waals surface area contributed by atoms with Crippen LogP contribution in [0.2, 0.25) is 0 Å². The van der Waals surface area contributed by atoms with Crippen LogP contribution in [-0.4, -0.2) is 11.0 Å². The summed E-state index contributed by atoms with van der Waals surface area (Å²) >= 11 is 0. The van der Waals surface area contributed by atoms with E-state index in [-0.39, 0.29) is 11.7 Å². The van der Waals surface area contributed by atoms with Crippen molar-refractivity contribution in [1.82, 2.24) is 0 Å². The standard InChI is InChI=1S/C18H21NO2/c1-4-13-9-7-10-14(5-2)16(13)19-18(21)15-11-6-8-12(3)17(15)20/h6-11,20H,4-5H2,1-3H3,(H,19,21). The molecule has 0 aliphatic rings. The molecule has 1 amide bonds. The molecule has 0 atom stereocenters. The molecule has 0 aliphatic carbocycles. The van der Waals surface area contributed by atoms with Crippen LogP contribution in [0.1, 0.15) is 40.9 Å². The van der Waals surface area contributed by atoms with Gasteiger partial charge in [0, 0.05) is 5.69 Å². The summed E-state index contributed by atoms with van der Waals surface area (Å²) < 4.78 is 0. The van der Waals surface area contributed by atoms with Crippen molar-refractivity contribution in [2.24, 2.45) is 0 Å². The van der Waals surface area contributed by atoms with Crippen molar-refractivity contribution in [2.45, 2.75) is 33.6 Å². The minimum atomic E-state index is -0.271. The lowest BCUT2D eigenvalue weighted by atomic mass is 10.0. The van der Waals surface area contributed by atoms with E-state index in [1.165, 1.54) is 0 Å². The molecule has 21 heavy (non-hydrogen) atoms. The Morgan fingerprint density at radius 3 is 2.19 bits per heavy atom. The first-order valence-electron chi connectivity index (χ1n) is 7.29. The van der Waals surface area contributed by atoms with Gasteiger partial charge in [0.1, 0.15) is 5.75 Å². The summed E-state index contributed by atoms with van der Waals surface area (Å²) in [5, 5.41) is 13.0. The number of phenols is 1. The fourth-order valence-electron chi connectivity index (χ4n) is 2.43. The number of carbonyl (C=O) groups is 1. The van der Waals surface area contributed by atoms with Gasteiger partial charge < -0.3 is 10.4 Å². The fraction of sp³-hybridized carbons (Fsp3) is 0.278. The average molecular weight is 283 g/mol. The van der Waals surface area contributed by atoms with Gasteiger partial charge in [-0.2, -0.15) is 0 Å². The second kappa shape index (κ2) is 6.44. The molecule has 2 rings (SSSR count). The summed E-state index contributed by atoms with van der Waals surface area (Å²) in [5.41, 5.74) is 4.09. The Balaban J connectivity index is 2.38. The zero-order valence-electron chi connectivity index (χ0n) is 12.7. The number of aromatic hydroxyl groups is 1. The van der Waals surface area contributed by atoms with Crippen LogP contribution in [-0.2, 0) is 12.8 Å². The van der Waals surface area contributed by atoms with Gasteiger partial charge in [-0.1, -0.05) is 44.2 Å². The molecule has 110 valence electrons. The normalized spacial score (nSPS) is 10.4. The number of para-hydroxylation sites is 2. The first-order chi connectivity index (χ1) is 10.1. The number of aryl methyl sites for hydroxylation is 3. The van der Waals surface area contributed by atoms with Crippen molar-refractivity contribution >= 4 is 11.6 Å². The highest BCUT2D eigenvalue weighted by Crippen LogP contribution is 2.26. The number of hydrogen-bond acceptors (Lipinski definition) is 2. The number of phenolic OH excluding ortho intramolecular Hbond substituents is 1. The van der Waals surface area contributed by atoms with Crippen LogP contribution in [0.25, 0.3) is 0 Å². The summed E-state index contributed by atoms with van der Waals surface area (Å²) in [4.78, 5) is 12.5. The van der Waals surface area contributed by atoms with Crippen molar-refractivity contribution in [1.29, 1.82) is 0 Å². The Labute approximate surface area is 125 Å². The summed E-state index contributed by atoms with van der Waals surface area (Å²) in [5.74, 6) is -0.228. The Morgan fingerprint density at radius 1 is 1.05 bits per heavy atom. The molecule has 0 unspecified atom stereocenters. The van der Waals surface area contributed by atoms with E-state index >= 15 is 0 Å².